The lowest BCUT2D eigenvalue weighted by atomic mass is 10.0. The van der Waals surface area contributed by atoms with Crippen LogP contribution in [-0.2, 0) is 6.54 Å². The third-order valence-electron chi connectivity index (χ3n) is 11.9. The van der Waals surface area contributed by atoms with E-state index in [2.05, 4.69) is 70.0 Å². The number of unbranched alkanes of at least 4 members (excludes halogenated alkanes) is 4. The number of benzene rings is 6. The van der Waals surface area contributed by atoms with Crippen molar-refractivity contribution in [2.75, 3.05) is 17.3 Å². The molecule has 0 aliphatic carbocycles. The molecular weight excluding hydrogens is 1030 g/mol. The standard InChI is InChI=1S/2C21H20BrN3O.C16H11N3O/c1-15-9-10-16(14-23)13-17(15)20-21(26-12-6-2-5-11-22)25-19-8-4-3-7-18(19)24-20;1-15-9-10-16(14-23)13-17(15)20-21(26)25(12-6-2-5-11-22)19-8-4-3-7-18(19)24-20;1-10-6-7-11(9-17)8-12(10)15-16(20)19-14-5-3-2-4-13(14)18-15/h2*3-4,7-10,13H,2,5-6,11-12H2,1H3;2-8H,1H3,(H,19,20). The van der Waals surface area contributed by atoms with Crippen LogP contribution < -0.4 is 15.9 Å². The average molecular weight is 1080 g/mol. The molecule has 0 bridgehead atoms. The first-order valence-corrected chi connectivity index (χ1v) is 25.8. The van der Waals surface area contributed by atoms with E-state index in [1.807, 2.05) is 128 Å². The number of ether oxygens (including phenoxy) is 1. The van der Waals surface area contributed by atoms with Crippen molar-refractivity contribution < 1.29 is 4.74 Å². The molecule has 0 aliphatic rings. The summed E-state index contributed by atoms with van der Waals surface area (Å²) < 4.78 is 7.83. The van der Waals surface area contributed by atoms with Gasteiger partial charge in [-0.05, 0) is 142 Å². The summed E-state index contributed by atoms with van der Waals surface area (Å²) in [7, 11) is 0. The summed E-state index contributed by atoms with van der Waals surface area (Å²) in [5, 5.41) is 29.4. The number of H-pyrrole nitrogens is 1. The van der Waals surface area contributed by atoms with E-state index in [4.69, 9.17) is 15.0 Å². The Bertz CT molecular complexity index is 3650. The molecule has 0 saturated heterocycles. The Balaban J connectivity index is 0.000000160. The van der Waals surface area contributed by atoms with Crippen LogP contribution in [0.3, 0.4) is 0 Å². The van der Waals surface area contributed by atoms with Gasteiger partial charge in [-0.15, -0.1) is 0 Å². The highest BCUT2D eigenvalue weighted by atomic mass is 79.9. The zero-order chi connectivity index (χ0) is 51.0. The molecule has 1 N–H and O–H groups in total. The number of aromatic nitrogens is 6. The second-order valence-corrected chi connectivity index (χ2v) is 18.6. The SMILES string of the molecule is Cc1ccc(C#N)cc1-c1nc2ccccc2[nH]c1=O.Cc1ccc(C#N)cc1-c1nc2ccccc2n(CCCCCBr)c1=O.Cc1ccc(C#N)cc1-c1nc2ccccc2nc1OCCCCCBr. The maximum Gasteiger partial charge on any atom is 0.277 e. The predicted molar refractivity (Wildman–Crippen MR) is 293 cm³/mol. The molecule has 6 aromatic carbocycles. The van der Waals surface area contributed by atoms with E-state index in [0.717, 1.165) is 105 Å². The number of nitriles is 3. The Hall–Kier alpha value is -7.83. The van der Waals surface area contributed by atoms with E-state index < -0.39 is 0 Å². The average Bonchev–Trinajstić information content (AvgIpc) is 3.40. The molecule has 0 saturated carbocycles. The molecule has 0 atom stereocenters. The van der Waals surface area contributed by atoms with Gasteiger partial charge in [-0.1, -0.05) is 92.9 Å². The van der Waals surface area contributed by atoms with Gasteiger partial charge in [0.05, 0.1) is 74.6 Å². The van der Waals surface area contributed by atoms with E-state index in [1.165, 1.54) is 0 Å². The summed E-state index contributed by atoms with van der Waals surface area (Å²) in [6, 6.07) is 45.5. The number of nitrogens with one attached hydrogen (secondary N) is 1. The third-order valence-corrected chi connectivity index (χ3v) is 13.0. The molecule has 3 aromatic heterocycles. The number of para-hydroxylation sites is 6. The molecule has 360 valence electrons. The van der Waals surface area contributed by atoms with Gasteiger partial charge in [-0.3, -0.25) is 9.59 Å². The zero-order valence-corrected chi connectivity index (χ0v) is 43.4. The Morgan fingerprint density at radius 3 is 1.58 bits per heavy atom. The Morgan fingerprint density at radius 2 is 1.00 bits per heavy atom. The van der Waals surface area contributed by atoms with Crippen molar-refractivity contribution >= 4 is 65.0 Å². The number of nitrogens with zero attached hydrogens (tertiary/aromatic N) is 8. The summed E-state index contributed by atoms with van der Waals surface area (Å²) in [6.45, 7) is 7.11. The Kier molecular flexibility index (Phi) is 18.3. The van der Waals surface area contributed by atoms with Gasteiger partial charge in [0.1, 0.15) is 17.1 Å². The first-order chi connectivity index (χ1) is 35.1. The van der Waals surface area contributed by atoms with Gasteiger partial charge in [-0.2, -0.15) is 15.8 Å². The second-order valence-electron chi connectivity index (χ2n) is 17.0. The molecule has 9 rings (SSSR count). The number of fused-ring (bicyclic) bond motifs is 3. The summed E-state index contributed by atoms with van der Waals surface area (Å²) in [6.07, 6.45) is 6.29. The number of aryl methyl sites for hydroxylation is 4. The first-order valence-electron chi connectivity index (χ1n) is 23.6. The fourth-order valence-electron chi connectivity index (χ4n) is 7.99. The molecule has 0 fully saturated rings. The smallest absolute Gasteiger partial charge is 0.277 e. The van der Waals surface area contributed by atoms with Crippen molar-refractivity contribution in [1.29, 1.82) is 15.8 Å². The second kappa shape index (κ2) is 25.3. The van der Waals surface area contributed by atoms with Crippen LogP contribution in [0.2, 0.25) is 0 Å². The van der Waals surface area contributed by atoms with Crippen LogP contribution in [0.5, 0.6) is 5.88 Å². The lowest BCUT2D eigenvalue weighted by molar-refractivity contribution is 0.296. The van der Waals surface area contributed by atoms with E-state index in [-0.39, 0.29) is 11.1 Å². The van der Waals surface area contributed by atoms with Crippen LogP contribution in [0.15, 0.2) is 137 Å². The van der Waals surface area contributed by atoms with Gasteiger partial charge >= 0.3 is 0 Å². The lowest BCUT2D eigenvalue weighted by Crippen LogP contribution is -2.24. The molecule has 0 radical (unpaired) electrons. The first kappa shape index (κ1) is 52.0. The predicted octanol–water partition coefficient (Wildman–Crippen LogP) is 13.0. The highest BCUT2D eigenvalue weighted by Crippen LogP contribution is 2.32. The van der Waals surface area contributed by atoms with E-state index in [0.29, 0.717) is 63.9 Å². The zero-order valence-electron chi connectivity index (χ0n) is 40.3. The minimum absolute atomic E-state index is 0.0965. The van der Waals surface area contributed by atoms with Crippen LogP contribution in [0.1, 0.15) is 71.9 Å². The molecule has 0 aliphatic heterocycles. The largest absolute Gasteiger partial charge is 0.476 e. The van der Waals surface area contributed by atoms with Crippen molar-refractivity contribution in [3.05, 3.63) is 181 Å². The monoisotopic (exact) mass is 1080 g/mol. The number of rotatable bonds is 14. The normalized spacial score (nSPS) is 10.6. The molecule has 9 aromatic rings. The minimum atomic E-state index is -0.248. The van der Waals surface area contributed by atoms with Crippen LogP contribution in [0.25, 0.3) is 66.9 Å². The molecule has 14 heteroatoms. The Labute approximate surface area is 434 Å². The highest BCUT2D eigenvalue weighted by Gasteiger charge is 2.17. The summed E-state index contributed by atoms with van der Waals surface area (Å²) in [4.78, 5) is 46.8. The van der Waals surface area contributed by atoms with Crippen LogP contribution in [-0.4, -0.2) is 46.8 Å². The maximum atomic E-state index is 13.2. The van der Waals surface area contributed by atoms with E-state index >= 15 is 0 Å². The number of aromatic amines is 1. The number of hydrogen-bond donors (Lipinski definition) is 1. The fourth-order valence-corrected chi connectivity index (χ4v) is 8.78. The summed E-state index contributed by atoms with van der Waals surface area (Å²) >= 11 is 6.90. The highest BCUT2D eigenvalue weighted by molar-refractivity contribution is 9.09. The lowest BCUT2D eigenvalue weighted by Gasteiger charge is -2.13. The third kappa shape index (κ3) is 12.7. The van der Waals surface area contributed by atoms with Crippen molar-refractivity contribution in [1.82, 2.24) is 29.5 Å². The molecule has 0 spiro atoms. The van der Waals surface area contributed by atoms with Gasteiger partial charge in [0.25, 0.3) is 11.1 Å². The van der Waals surface area contributed by atoms with Gasteiger partial charge in [0, 0.05) is 33.9 Å². The van der Waals surface area contributed by atoms with Crippen molar-refractivity contribution in [3.63, 3.8) is 0 Å². The molecule has 0 unspecified atom stereocenters. The molecular formula is C58H51Br2N9O3. The van der Waals surface area contributed by atoms with Crippen LogP contribution in [0, 0.1) is 54.8 Å². The topological polar surface area (TPSA) is 187 Å². The van der Waals surface area contributed by atoms with E-state index in [9.17, 15) is 20.1 Å². The van der Waals surface area contributed by atoms with Gasteiger partial charge in [-0.25, -0.2) is 19.9 Å². The van der Waals surface area contributed by atoms with Gasteiger partial charge in [0.15, 0.2) is 0 Å². The fraction of sp³-hybridized carbons (Fsp3) is 0.224. The molecule has 3 heterocycles. The number of alkyl halides is 2. The quantitative estimate of drug-likeness (QED) is 0.0811. The van der Waals surface area contributed by atoms with Gasteiger partial charge in [0.2, 0.25) is 5.88 Å². The molecule has 0 amide bonds. The van der Waals surface area contributed by atoms with Crippen molar-refractivity contribution in [2.45, 2.75) is 65.8 Å². The summed E-state index contributed by atoms with van der Waals surface area (Å²) in [5.74, 6) is 0.528. The van der Waals surface area contributed by atoms with Gasteiger partial charge < -0.3 is 14.3 Å². The van der Waals surface area contributed by atoms with Crippen molar-refractivity contribution in [3.8, 4) is 57.9 Å². The number of hydrogen-bond acceptors (Lipinski definition) is 10. The molecule has 12 nitrogen and oxygen atoms in total. The maximum absolute atomic E-state index is 13.2. The minimum Gasteiger partial charge on any atom is -0.476 e. The summed E-state index contributed by atoms with van der Waals surface area (Å²) in [5.41, 5.74) is 12.7. The van der Waals surface area contributed by atoms with Crippen LogP contribution in [0.4, 0.5) is 0 Å². The van der Waals surface area contributed by atoms with Crippen LogP contribution >= 0.6 is 31.9 Å². The molecule has 72 heavy (non-hydrogen) atoms. The number of halogens is 2. The Morgan fingerprint density at radius 1 is 0.528 bits per heavy atom. The van der Waals surface area contributed by atoms with Crippen molar-refractivity contribution in [2.24, 2.45) is 0 Å². The van der Waals surface area contributed by atoms with E-state index in [1.54, 1.807) is 24.3 Å².